The van der Waals surface area contributed by atoms with Gasteiger partial charge >= 0.3 is 0 Å². The standard InChI is InChI=1S/C13H14ClN3O3S/c1-9-3-4-11(10(14)7-9)16-12(18)8-17-6-5-15-13(17)21(2,19)20/h3-7H,8H2,1-2H3,(H,16,18). The number of aromatic nitrogens is 2. The van der Waals surface area contributed by atoms with Crippen LogP contribution < -0.4 is 5.32 Å². The van der Waals surface area contributed by atoms with Crippen molar-refractivity contribution in [1.82, 2.24) is 9.55 Å². The summed E-state index contributed by atoms with van der Waals surface area (Å²) in [7, 11) is -3.48. The van der Waals surface area contributed by atoms with E-state index in [0.29, 0.717) is 10.7 Å². The van der Waals surface area contributed by atoms with Gasteiger partial charge in [0.25, 0.3) is 0 Å². The summed E-state index contributed by atoms with van der Waals surface area (Å²) >= 11 is 6.03. The van der Waals surface area contributed by atoms with Gasteiger partial charge in [-0.25, -0.2) is 13.4 Å². The molecule has 0 fully saturated rings. The highest BCUT2D eigenvalue weighted by molar-refractivity contribution is 7.90. The van der Waals surface area contributed by atoms with E-state index in [2.05, 4.69) is 10.3 Å². The van der Waals surface area contributed by atoms with Gasteiger partial charge in [0.15, 0.2) is 0 Å². The summed E-state index contributed by atoms with van der Waals surface area (Å²) in [5.74, 6) is -0.386. The molecule has 0 atom stereocenters. The van der Waals surface area contributed by atoms with Gasteiger partial charge in [-0.2, -0.15) is 0 Å². The van der Waals surface area contributed by atoms with Gasteiger partial charge < -0.3 is 9.88 Å². The van der Waals surface area contributed by atoms with Gasteiger partial charge in [0.1, 0.15) is 6.54 Å². The smallest absolute Gasteiger partial charge is 0.244 e. The minimum Gasteiger partial charge on any atom is -0.323 e. The van der Waals surface area contributed by atoms with Crippen LogP contribution in [0.15, 0.2) is 35.7 Å². The molecule has 1 aromatic heterocycles. The average Bonchev–Trinajstić information content (AvgIpc) is 2.80. The molecule has 0 bridgehead atoms. The van der Waals surface area contributed by atoms with Gasteiger partial charge in [-0.05, 0) is 24.6 Å². The molecule has 0 aliphatic heterocycles. The van der Waals surface area contributed by atoms with E-state index in [1.807, 2.05) is 13.0 Å². The summed E-state index contributed by atoms with van der Waals surface area (Å²) in [4.78, 5) is 15.7. The number of hydrogen-bond donors (Lipinski definition) is 1. The van der Waals surface area contributed by atoms with Crippen LogP contribution in [-0.2, 0) is 21.2 Å². The molecule has 1 amide bonds. The molecule has 2 aromatic rings. The fraction of sp³-hybridized carbons (Fsp3) is 0.231. The summed E-state index contributed by atoms with van der Waals surface area (Å²) in [6.45, 7) is 1.73. The molecule has 1 heterocycles. The normalized spacial score (nSPS) is 11.4. The van der Waals surface area contributed by atoms with Crippen molar-refractivity contribution in [2.45, 2.75) is 18.6 Å². The third-order valence-corrected chi connectivity index (χ3v) is 4.04. The minimum atomic E-state index is -3.48. The van der Waals surface area contributed by atoms with Crippen molar-refractivity contribution in [3.05, 3.63) is 41.2 Å². The lowest BCUT2D eigenvalue weighted by Crippen LogP contribution is -2.21. The molecule has 0 aliphatic carbocycles. The maximum atomic E-state index is 12.0. The van der Waals surface area contributed by atoms with Crippen LogP contribution >= 0.6 is 11.6 Å². The van der Waals surface area contributed by atoms with Crippen molar-refractivity contribution >= 4 is 33.0 Å². The number of nitrogens with zero attached hydrogens (tertiary/aromatic N) is 2. The van der Waals surface area contributed by atoms with Gasteiger partial charge in [0.2, 0.25) is 20.9 Å². The number of nitrogens with one attached hydrogen (secondary N) is 1. The molecule has 6 nitrogen and oxygen atoms in total. The molecule has 1 N–H and O–H groups in total. The second kappa shape index (κ2) is 5.87. The molecule has 0 unspecified atom stereocenters. The fourth-order valence-corrected chi connectivity index (χ4v) is 2.90. The van der Waals surface area contributed by atoms with Gasteiger partial charge in [-0.1, -0.05) is 17.7 Å². The Morgan fingerprint density at radius 1 is 1.43 bits per heavy atom. The van der Waals surface area contributed by atoms with Crippen LogP contribution in [0.4, 0.5) is 5.69 Å². The lowest BCUT2D eigenvalue weighted by molar-refractivity contribution is -0.116. The Kier molecular flexibility index (Phi) is 4.34. The van der Waals surface area contributed by atoms with Crippen LogP contribution in [0, 0.1) is 6.92 Å². The van der Waals surface area contributed by atoms with Crippen LogP contribution in [0.1, 0.15) is 5.56 Å². The van der Waals surface area contributed by atoms with E-state index in [-0.39, 0.29) is 17.6 Å². The van der Waals surface area contributed by atoms with Gasteiger partial charge in [-0.3, -0.25) is 4.79 Å². The average molecular weight is 328 g/mol. The van der Waals surface area contributed by atoms with E-state index in [9.17, 15) is 13.2 Å². The number of carbonyl (C=O) groups is 1. The topological polar surface area (TPSA) is 81.1 Å². The molecular formula is C13H14ClN3O3S. The van der Waals surface area contributed by atoms with Crippen molar-refractivity contribution in [3.8, 4) is 0 Å². The number of rotatable bonds is 4. The molecule has 1 aromatic carbocycles. The second-order valence-corrected chi connectivity index (χ2v) is 6.96. The van der Waals surface area contributed by atoms with E-state index in [1.165, 1.54) is 17.0 Å². The lowest BCUT2D eigenvalue weighted by atomic mass is 10.2. The minimum absolute atomic E-state index is 0.146. The number of imidazole rings is 1. The van der Waals surface area contributed by atoms with Crippen molar-refractivity contribution in [1.29, 1.82) is 0 Å². The highest BCUT2D eigenvalue weighted by atomic mass is 35.5. The number of anilines is 1. The first-order valence-electron chi connectivity index (χ1n) is 6.04. The molecule has 2 rings (SSSR count). The highest BCUT2D eigenvalue weighted by Gasteiger charge is 2.16. The molecule has 0 radical (unpaired) electrons. The molecule has 0 spiro atoms. The first kappa shape index (κ1) is 15.5. The molecule has 8 heteroatoms. The zero-order chi connectivity index (χ0) is 15.6. The van der Waals surface area contributed by atoms with Gasteiger partial charge in [0.05, 0.1) is 10.7 Å². The number of amides is 1. The Bertz CT molecular complexity index is 784. The van der Waals surface area contributed by atoms with E-state index in [1.54, 1.807) is 12.1 Å². The Morgan fingerprint density at radius 2 is 2.14 bits per heavy atom. The van der Waals surface area contributed by atoms with E-state index >= 15 is 0 Å². The van der Waals surface area contributed by atoms with Crippen LogP contribution in [0.2, 0.25) is 5.02 Å². The zero-order valence-corrected chi connectivity index (χ0v) is 13.1. The lowest BCUT2D eigenvalue weighted by Gasteiger charge is -2.09. The Hall–Kier alpha value is -1.86. The van der Waals surface area contributed by atoms with Gasteiger partial charge in [-0.15, -0.1) is 0 Å². The first-order chi connectivity index (χ1) is 9.77. The van der Waals surface area contributed by atoms with E-state index < -0.39 is 9.84 Å². The number of carbonyl (C=O) groups excluding carboxylic acids is 1. The van der Waals surface area contributed by atoms with Crippen molar-refractivity contribution in [2.75, 3.05) is 11.6 Å². The Morgan fingerprint density at radius 3 is 2.76 bits per heavy atom. The number of benzene rings is 1. The molecule has 21 heavy (non-hydrogen) atoms. The predicted molar refractivity (Wildman–Crippen MR) is 80.2 cm³/mol. The highest BCUT2D eigenvalue weighted by Crippen LogP contribution is 2.22. The van der Waals surface area contributed by atoms with E-state index in [4.69, 9.17) is 11.6 Å². The predicted octanol–water partition coefficient (Wildman–Crippen LogP) is 1.89. The molecule has 0 aliphatic rings. The summed E-state index contributed by atoms with van der Waals surface area (Å²) in [6.07, 6.45) is 3.82. The number of halogens is 1. The quantitative estimate of drug-likeness (QED) is 0.929. The summed E-state index contributed by atoms with van der Waals surface area (Å²) in [6, 6.07) is 5.25. The maximum Gasteiger partial charge on any atom is 0.244 e. The third-order valence-electron chi connectivity index (χ3n) is 2.72. The SMILES string of the molecule is Cc1ccc(NC(=O)Cn2ccnc2S(C)(=O)=O)c(Cl)c1. The molecule has 0 saturated heterocycles. The second-order valence-electron chi connectivity index (χ2n) is 4.64. The summed E-state index contributed by atoms with van der Waals surface area (Å²) in [5, 5.41) is 2.92. The van der Waals surface area contributed by atoms with Crippen LogP contribution in [0.5, 0.6) is 0 Å². The van der Waals surface area contributed by atoms with Crippen LogP contribution in [0.25, 0.3) is 0 Å². The number of sulfone groups is 1. The molecular weight excluding hydrogens is 314 g/mol. The molecule has 112 valence electrons. The number of hydrogen-bond acceptors (Lipinski definition) is 4. The first-order valence-corrected chi connectivity index (χ1v) is 8.31. The third kappa shape index (κ3) is 3.83. The summed E-state index contributed by atoms with van der Waals surface area (Å²) < 4.78 is 24.3. The Balaban J connectivity index is 2.14. The van der Waals surface area contributed by atoms with Crippen LogP contribution in [0.3, 0.4) is 0 Å². The van der Waals surface area contributed by atoms with Gasteiger partial charge in [0, 0.05) is 18.6 Å². The Labute approximate surface area is 127 Å². The summed E-state index contributed by atoms with van der Waals surface area (Å²) in [5.41, 5.74) is 1.46. The van der Waals surface area contributed by atoms with Crippen LogP contribution in [-0.4, -0.2) is 30.1 Å². The maximum absolute atomic E-state index is 12.0. The molecule has 0 saturated carbocycles. The fourth-order valence-electron chi connectivity index (χ4n) is 1.81. The largest absolute Gasteiger partial charge is 0.323 e. The van der Waals surface area contributed by atoms with Crippen molar-refractivity contribution in [2.24, 2.45) is 0 Å². The monoisotopic (exact) mass is 327 g/mol. The van der Waals surface area contributed by atoms with E-state index in [0.717, 1.165) is 11.8 Å². The van der Waals surface area contributed by atoms with Crippen molar-refractivity contribution < 1.29 is 13.2 Å². The van der Waals surface area contributed by atoms with Crippen molar-refractivity contribution in [3.63, 3.8) is 0 Å². The zero-order valence-electron chi connectivity index (χ0n) is 11.5. The number of aryl methyl sites for hydroxylation is 1.